The Hall–Kier alpha value is -2.01. The second-order valence-electron chi connectivity index (χ2n) is 4.26. The molecule has 0 aliphatic rings. The molecule has 19 heavy (non-hydrogen) atoms. The molecule has 5 nitrogen and oxygen atoms in total. The third kappa shape index (κ3) is 2.71. The standard InChI is InChI=1S/C14H18N2O3/c1-3-19-14(17)10(15)7-9-8-16-11-5-4-6-12(18-2)13(9)11/h4-6,8,10,16H,3,7,15H2,1-2H3/t10-/m1/s1. The summed E-state index contributed by atoms with van der Waals surface area (Å²) in [4.78, 5) is 14.7. The van der Waals surface area contributed by atoms with Crippen LogP contribution in [0.1, 0.15) is 12.5 Å². The van der Waals surface area contributed by atoms with Crippen LogP contribution in [0.5, 0.6) is 5.75 Å². The molecule has 1 aromatic heterocycles. The minimum Gasteiger partial charge on any atom is -0.496 e. The Kier molecular flexibility index (Phi) is 4.06. The SMILES string of the molecule is CCOC(=O)[C@H](N)Cc1c[nH]c2cccc(OC)c12. The van der Waals surface area contributed by atoms with Crippen LogP contribution in [0.2, 0.25) is 0 Å². The molecule has 0 spiro atoms. The van der Waals surface area contributed by atoms with Crippen LogP contribution in [0, 0.1) is 0 Å². The van der Waals surface area contributed by atoms with Crippen LogP contribution in [0.4, 0.5) is 0 Å². The minimum atomic E-state index is -0.663. The van der Waals surface area contributed by atoms with Crippen molar-refractivity contribution in [1.82, 2.24) is 4.98 Å². The number of rotatable bonds is 5. The first-order valence-electron chi connectivity index (χ1n) is 6.22. The number of fused-ring (bicyclic) bond motifs is 1. The lowest BCUT2D eigenvalue weighted by atomic mass is 10.0. The lowest BCUT2D eigenvalue weighted by molar-refractivity contribution is -0.144. The highest BCUT2D eigenvalue weighted by Crippen LogP contribution is 2.29. The van der Waals surface area contributed by atoms with E-state index >= 15 is 0 Å². The van der Waals surface area contributed by atoms with Crippen molar-refractivity contribution in [2.24, 2.45) is 5.73 Å². The van der Waals surface area contributed by atoms with Gasteiger partial charge in [0.1, 0.15) is 11.8 Å². The van der Waals surface area contributed by atoms with Gasteiger partial charge in [0, 0.05) is 23.5 Å². The summed E-state index contributed by atoms with van der Waals surface area (Å²) in [5.74, 6) is 0.386. The van der Waals surface area contributed by atoms with E-state index < -0.39 is 6.04 Å². The Bertz CT molecular complexity index is 577. The number of nitrogens with one attached hydrogen (secondary N) is 1. The van der Waals surface area contributed by atoms with Gasteiger partial charge in [-0.05, 0) is 24.6 Å². The fraction of sp³-hybridized carbons (Fsp3) is 0.357. The first kappa shape index (κ1) is 13.4. The normalized spacial score (nSPS) is 12.4. The number of ether oxygens (including phenoxy) is 2. The van der Waals surface area contributed by atoms with Crippen molar-refractivity contribution in [3.63, 3.8) is 0 Å². The third-order valence-electron chi connectivity index (χ3n) is 3.00. The topological polar surface area (TPSA) is 77.3 Å². The largest absolute Gasteiger partial charge is 0.496 e. The number of nitrogens with two attached hydrogens (primary N) is 1. The average molecular weight is 262 g/mol. The number of H-pyrrole nitrogens is 1. The predicted molar refractivity (Wildman–Crippen MR) is 73.2 cm³/mol. The molecule has 102 valence electrons. The molecule has 0 aliphatic carbocycles. The molecule has 1 heterocycles. The molecule has 1 aromatic carbocycles. The highest BCUT2D eigenvalue weighted by Gasteiger charge is 2.18. The fourth-order valence-corrected chi connectivity index (χ4v) is 2.12. The van der Waals surface area contributed by atoms with E-state index in [1.54, 1.807) is 14.0 Å². The van der Waals surface area contributed by atoms with Gasteiger partial charge in [0.05, 0.1) is 13.7 Å². The molecule has 1 atom stereocenters. The summed E-state index contributed by atoms with van der Waals surface area (Å²) < 4.78 is 10.3. The van der Waals surface area contributed by atoms with Crippen LogP contribution in [0.3, 0.4) is 0 Å². The second kappa shape index (κ2) is 5.75. The molecule has 3 N–H and O–H groups in total. The van der Waals surface area contributed by atoms with Crippen LogP contribution in [-0.4, -0.2) is 30.7 Å². The van der Waals surface area contributed by atoms with Crippen LogP contribution in [-0.2, 0) is 16.0 Å². The molecule has 0 amide bonds. The fourth-order valence-electron chi connectivity index (χ4n) is 2.12. The van der Waals surface area contributed by atoms with Crippen LogP contribution in [0.15, 0.2) is 24.4 Å². The lowest BCUT2D eigenvalue weighted by Gasteiger charge is -2.10. The monoisotopic (exact) mass is 262 g/mol. The Morgan fingerprint density at radius 2 is 2.26 bits per heavy atom. The van der Waals surface area contributed by atoms with Gasteiger partial charge in [0.2, 0.25) is 0 Å². The third-order valence-corrected chi connectivity index (χ3v) is 3.00. The summed E-state index contributed by atoms with van der Waals surface area (Å²) in [6.07, 6.45) is 2.27. The average Bonchev–Trinajstić information content (AvgIpc) is 2.82. The summed E-state index contributed by atoms with van der Waals surface area (Å²) in [6.45, 7) is 2.10. The van der Waals surface area contributed by atoms with Gasteiger partial charge in [0.25, 0.3) is 0 Å². The van der Waals surface area contributed by atoms with Crippen molar-refractivity contribution in [2.45, 2.75) is 19.4 Å². The van der Waals surface area contributed by atoms with Crippen molar-refractivity contribution in [3.8, 4) is 5.75 Å². The summed E-state index contributed by atoms with van der Waals surface area (Å²) in [7, 11) is 1.62. The number of hydrogen-bond acceptors (Lipinski definition) is 4. The number of aromatic nitrogens is 1. The number of carbonyl (C=O) groups excluding carboxylic acids is 1. The van der Waals surface area contributed by atoms with Crippen LogP contribution >= 0.6 is 0 Å². The molecule has 0 saturated heterocycles. The van der Waals surface area contributed by atoms with Crippen LogP contribution in [0.25, 0.3) is 10.9 Å². The molecule has 0 aliphatic heterocycles. The molecular formula is C14H18N2O3. The van der Waals surface area contributed by atoms with E-state index in [2.05, 4.69) is 4.98 Å². The van der Waals surface area contributed by atoms with Gasteiger partial charge < -0.3 is 20.2 Å². The zero-order valence-electron chi connectivity index (χ0n) is 11.1. The zero-order valence-corrected chi connectivity index (χ0v) is 11.1. The van der Waals surface area contributed by atoms with E-state index in [4.69, 9.17) is 15.2 Å². The van der Waals surface area contributed by atoms with Gasteiger partial charge in [-0.1, -0.05) is 6.07 Å². The zero-order chi connectivity index (χ0) is 13.8. The summed E-state index contributed by atoms with van der Waals surface area (Å²) in [5, 5.41) is 0.963. The van der Waals surface area contributed by atoms with Crippen molar-refractivity contribution in [2.75, 3.05) is 13.7 Å². The van der Waals surface area contributed by atoms with E-state index in [0.717, 1.165) is 22.2 Å². The van der Waals surface area contributed by atoms with E-state index in [9.17, 15) is 4.79 Å². The highest BCUT2D eigenvalue weighted by atomic mass is 16.5. The second-order valence-corrected chi connectivity index (χ2v) is 4.26. The summed E-state index contributed by atoms with van der Waals surface area (Å²) >= 11 is 0. The maximum atomic E-state index is 11.6. The summed E-state index contributed by atoms with van der Waals surface area (Å²) in [5.41, 5.74) is 7.76. The molecule has 0 radical (unpaired) electrons. The van der Waals surface area contributed by atoms with E-state index in [1.807, 2.05) is 24.4 Å². The number of methoxy groups -OCH3 is 1. The number of hydrogen-bond donors (Lipinski definition) is 2. The number of carbonyl (C=O) groups is 1. The molecule has 2 aromatic rings. The van der Waals surface area contributed by atoms with E-state index in [0.29, 0.717) is 13.0 Å². The van der Waals surface area contributed by atoms with Crippen molar-refractivity contribution in [1.29, 1.82) is 0 Å². The predicted octanol–water partition coefficient (Wildman–Crippen LogP) is 1.61. The number of esters is 1. The molecular weight excluding hydrogens is 244 g/mol. The maximum absolute atomic E-state index is 11.6. The smallest absolute Gasteiger partial charge is 0.323 e. The van der Waals surface area contributed by atoms with Gasteiger partial charge in [-0.25, -0.2) is 0 Å². The van der Waals surface area contributed by atoms with Gasteiger partial charge in [-0.15, -0.1) is 0 Å². The molecule has 2 rings (SSSR count). The Morgan fingerprint density at radius 1 is 1.47 bits per heavy atom. The van der Waals surface area contributed by atoms with Gasteiger partial charge in [-0.2, -0.15) is 0 Å². The van der Waals surface area contributed by atoms with Gasteiger partial charge in [0.15, 0.2) is 0 Å². The molecule has 0 unspecified atom stereocenters. The van der Waals surface area contributed by atoms with Crippen molar-refractivity contribution in [3.05, 3.63) is 30.0 Å². The molecule has 5 heteroatoms. The Morgan fingerprint density at radius 3 is 2.95 bits per heavy atom. The minimum absolute atomic E-state index is 0.337. The van der Waals surface area contributed by atoms with E-state index in [-0.39, 0.29) is 5.97 Å². The Labute approximate surface area is 111 Å². The van der Waals surface area contributed by atoms with Gasteiger partial charge in [-0.3, -0.25) is 4.79 Å². The van der Waals surface area contributed by atoms with E-state index in [1.165, 1.54) is 0 Å². The highest BCUT2D eigenvalue weighted by molar-refractivity contribution is 5.90. The summed E-state index contributed by atoms with van der Waals surface area (Å²) in [6, 6.07) is 5.09. The molecule has 0 saturated carbocycles. The molecule has 0 fully saturated rings. The lowest BCUT2D eigenvalue weighted by Crippen LogP contribution is -2.34. The number of aromatic amines is 1. The van der Waals surface area contributed by atoms with Crippen molar-refractivity contribution >= 4 is 16.9 Å². The Balaban J connectivity index is 2.28. The first-order valence-corrected chi connectivity index (χ1v) is 6.22. The van der Waals surface area contributed by atoms with Crippen LogP contribution < -0.4 is 10.5 Å². The number of benzene rings is 1. The van der Waals surface area contributed by atoms with Crippen molar-refractivity contribution < 1.29 is 14.3 Å². The maximum Gasteiger partial charge on any atom is 0.323 e. The molecule has 0 bridgehead atoms. The first-order chi connectivity index (χ1) is 9.17. The quantitative estimate of drug-likeness (QED) is 0.802. The van der Waals surface area contributed by atoms with Gasteiger partial charge >= 0.3 is 5.97 Å².